The molecule has 0 spiro atoms. The number of benzene rings is 2. The average molecular weight is 381 g/mol. The number of carbonyl (C=O) groups excluding carboxylic acids is 2. The third kappa shape index (κ3) is 3.22. The van der Waals surface area contributed by atoms with Crippen molar-refractivity contribution in [2.75, 3.05) is 10.2 Å². The van der Waals surface area contributed by atoms with Gasteiger partial charge < -0.3 is 9.73 Å². The lowest BCUT2D eigenvalue weighted by molar-refractivity contribution is -0.118. The first-order chi connectivity index (χ1) is 13.0. The van der Waals surface area contributed by atoms with E-state index in [-0.39, 0.29) is 17.6 Å². The van der Waals surface area contributed by atoms with E-state index >= 15 is 0 Å². The summed E-state index contributed by atoms with van der Waals surface area (Å²) < 4.78 is 5.20. The van der Waals surface area contributed by atoms with Crippen LogP contribution in [0.5, 0.6) is 0 Å². The predicted molar refractivity (Wildman–Crippen MR) is 105 cm³/mol. The Hall–Kier alpha value is -3.05. The summed E-state index contributed by atoms with van der Waals surface area (Å²) in [5.74, 6) is -0.0883. The fourth-order valence-electron chi connectivity index (χ4n) is 3.25. The summed E-state index contributed by atoms with van der Waals surface area (Å²) in [4.78, 5) is 26.5. The molecule has 2 amide bonds. The number of amides is 2. The van der Waals surface area contributed by atoms with Crippen LogP contribution in [0, 0.1) is 6.92 Å². The maximum atomic E-state index is 12.6. The van der Waals surface area contributed by atoms with E-state index in [9.17, 15) is 9.59 Å². The van der Waals surface area contributed by atoms with Crippen LogP contribution < -0.4 is 10.2 Å². The average Bonchev–Trinajstić information content (AvgIpc) is 3.09. The second-order valence-corrected chi connectivity index (χ2v) is 6.82. The zero-order chi connectivity index (χ0) is 19.0. The van der Waals surface area contributed by atoms with Gasteiger partial charge in [-0.25, -0.2) is 0 Å². The monoisotopic (exact) mass is 380 g/mol. The van der Waals surface area contributed by atoms with Crippen LogP contribution in [0.1, 0.15) is 28.1 Å². The SMILES string of the molecule is Cc1ccoc1C(=O)Nc1ccc(N2C(=O)CCc3ccccc32)c(Cl)c1. The van der Waals surface area contributed by atoms with E-state index in [4.69, 9.17) is 16.0 Å². The van der Waals surface area contributed by atoms with Crippen molar-refractivity contribution in [3.8, 4) is 0 Å². The largest absolute Gasteiger partial charge is 0.459 e. The number of furan rings is 1. The number of para-hydroxylation sites is 1. The fraction of sp³-hybridized carbons (Fsp3) is 0.143. The summed E-state index contributed by atoms with van der Waals surface area (Å²) in [6, 6.07) is 14.6. The molecule has 0 bridgehead atoms. The Balaban J connectivity index is 1.64. The highest BCUT2D eigenvalue weighted by molar-refractivity contribution is 6.34. The highest BCUT2D eigenvalue weighted by Crippen LogP contribution is 2.38. The van der Waals surface area contributed by atoms with Crippen molar-refractivity contribution in [2.45, 2.75) is 19.8 Å². The minimum atomic E-state index is -0.347. The smallest absolute Gasteiger partial charge is 0.291 e. The number of carbonyl (C=O) groups is 2. The molecule has 1 N–H and O–H groups in total. The molecule has 0 radical (unpaired) electrons. The summed E-state index contributed by atoms with van der Waals surface area (Å²) in [5.41, 5.74) is 3.84. The number of halogens is 1. The van der Waals surface area contributed by atoms with Crippen LogP contribution in [0.2, 0.25) is 5.02 Å². The summed E-state index contributed by atoms with van der Waals surface area (Å²) >= 11 is 6.47. The highest BCUT2D eigenvalue weighted by Gasteiger charge is 2.27. The van der Waals surface area contributed by atoms with E-state index in [2.05, 4.69) is 5.32 Å². The van der Waals surface area contributed by atoms with Crippen LogP contribution in [0.3, 0.4) is 0 Å². The van der Waals surface area contributed by atoms with Crippen LogP contribution >= 0.6 is 11.6 Å². The van der Waals surface area contributed by atoms with Gasteiger partial charge >= 0.3 is 0 Å². The molecule has 0 saturated heterocycles. The Kier molecular flexibility index (Phi) is 4.46. The molecular weight excluding hydrogens is 364 g/mol. The van der Waals surface area contributed by atoms with Gasteiger partial charge in [-0.05, 0) is 49.2 Å². The minimum Gasteiger partial charge on any atom is -0.459 e. The molecule has 2 aromatic carbocycles. The molecule has 27 heavy (non-hydrogen) atoms. The van der Waals surface area contributed by atoms with Crippen LogP contribution in [0.15, 0.2) is 59.2 Å². The maximum Gasteiger partial charge on any atom is 0.291 e. The van der Waals surface area contributed by atoms with Crippen LogP contribution in [0.25, 0.3) is 0 Å². The zero-order valence-corrected chi connectivity index (χ0v) is 15.4. The Morgan fingerprint density at radius 3 is 2.67 bits per heavy atom. The normalized spacial score (nSPS) is 13.4. The molecule has 1 aliphatic rings. The van der Waals surface area contributed by atoms with Crippen LogP contribution in [-0.2, 0) is 11.2 Å². The van der Waals surface area contributed by atoms with Gasteiger partial charge in [0.25, 0.3) is 5.91 Å². The zero-order valence-electron chi connectivity index (χ0n) is 14.7. The van der Waals surface area contributed by atoms with Gasteiger partial charge in [-0.3, -0.25) is 14.5 Å². The molecule has 0 fully saturated rings. The number of fused-ring (bicyclic) bond motifs is 1. The Morgan fingerprint density at radius 2 is 1.93 bits per heavy atom. The molecule has 136 valence electrons. The molecule has 1 aromatic heterocycles. The number of hydrogen-bond acceptors (Lipinski definition) is 3. The molecule has 6 heteroatoms. The first kappa shape index (κ1) is 17.4. The summed E-state index contributed by atoms with van der Waals surface area (Å²) in [6.45, 7) is 1.80. The van der Waals surface area contributed by atoms with Crippen molar-refractivity contribution < 1.29 is 14.0 Å². The van der Waals surface area contributed by atoms with E-state index in [0.717, 1.165) is 23.2 Å². The number of hydrogen-bond donors (Lipinski definition) is 1. The summed E-state index contributed by atoms with van der Waals surface area (Å²) in [7, 11) is 0. The second kappa shape index (κ2) is 6.93. The van der Waals surface area contributed by atoms with Crippen molar-refractivity contribution >= 4 is 40.5 Å². The molecule has 4 rings (SSSR count). The number of anilines is 3. The van der Waals surface area contributed by atoms with Gasteiger partial charge in [0.15, 0.2) is 5.76 Å². The van der Waals surface area contributed by atoms with Gasteiger partial charge in [0.05, 0.1) is 22.7 Å². The second-order valence-electron chi connectivity index (χ2n) is 6.41. The Morgan fingerprint density at radius 1 is 1.11 bits per heavy atom. The molecular formula is C21H17ClN2O3. The van der Waals surface area contributed by atoms with Crippen molar-refractivity contribution in [3.63, 3.8) is 0 Å². The van der Waals surface area contributed by atoms with E-state index in [1.54, 1.807) is 36.1 Å². The fourth-order valence-corrected chi connectivity index (χ4v) is 3.52. The Bertz CT molecular complexity index is 1040. The first-order valence-electron chi connectivity index (χ1n) is 8.60. The summed E-state index contributed by atoms with van der Waals surface area (Å²) in [5, 5.41) is 3.15. The topological polar surface area (TPSA) is 62.6 Å². The Labute approximate surface area is 161 Å². The number of rotatable bonds is 3. The molecule has 0 saturated carbocycles. The van der Waals surface area contributed by atoms with Crippen molar-refractivity contribution in [2.24, 2.45) is 0 Å². The van der Waals surface area contributed by atoms with Crippen LogP contribution in [-0.4, -0.2) is 11.8 Å². The third-order valence-electron chi connectivity index (χ3n) is 4.60. The standard InChI is InChI=1S/C21H17ClN2O3/c1-13-10-11-27-20(13)21(26)23-15-7-8-18(16(22)12-15)24-17-5-3-2-4-14(17)6-9-19(24)25/h2-5,7-8,10-12H,6,9H2,1H3,(H,23,26). The number of nitrogens with one attached hydrogen (secondary N) is 1. The molecule has 2 heterocycles. The van der Waals surface area contributed by atoms with Gasteiger partial charge in [0.1, 0.15) is 0 Å². The van der Waals surface area contributed by atoms with Gasteiger partial charge in [-0.15, -0.1) is 0 Å². The van der Waals surface area contributed by atoms with Gasteiger partial charge in [0.2, 0.25) is 5.91 Å². The van der Waals surface area contributed by atoms with Crippen LogP contribution in [0.4, 0.5) is 17.1 Å². The lowest BCUT2D eigenvalue weighted by atomic mass is 10.0. The quantitative estimate of drug-likeness (QED) is 0.687. The van der Waals surface area contributed by atoms with Gasteiger partial charge in [0, 0.05) is 17.7 Å². The molecule has 1 aliphatic heterocycles. The third-order valence-corrected chi connectivity index (χ3v) is 4.91. The molecule has 0 aliphatic carbocycles. The van der Waals surface area contributed by atoms with Gasteiger partial charge in [-0.1, -0.05) is 29.8 Å². The highest BCUT2D eigenvalue weighted by atomic mass is 35.5. The van der Waals surface area contributed by atoms with E-state index in [1.165, 1.54) is 6.26 Å². The minimum absolute atomic E-state index is 0.00130. The first-order valence-corrected chi connectivity index (χ1v) is 8.98. The number of aryl methyl sites for hydroxylation is 2. The lowest BCUT2D eigenvalue weighted by Gasteiger charge is -2.30. The van der Waals surface area contributed by atoms with Crippen molar-refractivity contribution in [3.05, 3.63) is 76.7 Å². The van der Waals surface area contributed by atoms with Gasteiger partial charge in [-0.2, -0.15) is 0 Å². The molecule has 5 nitrogen and oxygen atoms in total. The lowest BCUT2D eigenvalue weighted by Crippen LogP contribution is -2.30. The maximum absolute atomic E-state index is 12.6. The van der Waals surface area contributed by atoms with E-state index in [0.29, 0.717) is 22.8 Å². The summed E-state index contributed by atoms with van der Waals surface area (Å²) in [6.07, 6.45) is 2.63. The molecule has 0 atom stereocenters. The van der Waals surface area contributed by atoms with E-state index in [1.807, 2.05) is 24.3 Å². The number of nitrogens with zero attached hydrogens (tertiary/aromatic N) is 1. The van der Waals surface area contributed by atoms with Crippen molar-refractivity contribution in [1.82, 2.24) is 0 Å². The van der Waals surface area contributed by atoms with E-state index < -0.39 is 0 Å². The van der Waals surface area contributed by atoms with Crippen molar-refractivity contribution in [1.29, 1.82) is 0 Å². The molecule has 0 unspecified atom stereocenters. The predicted octanol–water partition coefficient (Wildman–Crippen LogP) is 5.10. The molecule has 3 aromatic rings.